The average molecular weight is 457 g/mol. The van der Waals surface area contributed by atoms with Crippen molar-refractivity contribution >= 4 is 22.8 Å². The summed E-state index contributed by atoms with van der Waals surface area (Å²) in [4.78, 5) is 38.2. The van der Waals surface area contributed by atoms with E-state index in [1.165, 1.54) is 4.90 Å². The van der Waals surface area contributed by atoms with Gasteiger partial charge in [-0.2, -0.15) is 5.10 Å². The van der Waals surface area contributed by atoms with Crippen LogP contribution in [0.3, 0.4) is 0 Å². The van der Waals surface area contributed by atoms with Crippen LogP contribution in [0.1, 0.15) is 29.8 Å². The Morgan fingerprint density at radius 2 is 1.71 bits per heavy atom. The third-order valence-electron chi connectivity index (χ3n) is 5.83. The maximum Gasteiger partial charge on any atom is 0.254 e. The average Bonchev–Trinajstić information content (AvgIpc) is 3.27. The molecular formula is C26H28N6O2. The van der Waals surface area contributed by atoms with Gasteiger partial charge in [-0.25, -0.2) is 9.67 Å². The normalized spacial score (nSPS) is 10.9. The van der Waals surface area contributed by atoms with Crippen LogP contribution in [0.2, 0.25) is 0 Å². The third kappa shape index (κ3) is 4.80. The number of hydrogen-bond acceptors (Lipinski definition) is 5. The smallest absolute Gasteiger partial charge is 0.254 e. The molecular weight excluding hydrogens is 428 g/mol. The van der Waals surface area contributed by atoms with Gasteiger partial charge in [-0.3, -0.25) is 14.6 Å². The minimum atomic E-state index is -0.242. The van der Waals surface area contributed by atoms with Gasteiger partial charge in [-0.05, 0) is 37.6 Å². The summed E-state index contributed by atoms with van der Waals surface area (Å²) in [6.07, 6.45) is 5.15. The lowest BCUT2D eigenvalue weighted by Crippen LogP contribution is -2.41. The Bertz CT molecular complexity index is 1280. The molecule has 0 N–H and O–H groups in total. The maximum absolute atomic E-state index is 13.5. The van der Waals surface area contributed by atoms with Crippen LogP contribution in [0.4, 0.5) is 0 Å². The molecule has 0 spiro atoms. The molecule has 4 rings (SSSR count). The molecule has 0 aliphatic rings. The van der Waals surface area contributed by atoms with Crippen molar-refractivity contribution in [2.75, 3.05) is 26.7 Å². The molecule has 1 aromatic carbocycles. The predicted octanol–water partition coefficient (Wildman–Crippen LogP) is 3.48. The molecule has 3 heterocycles. The van der Waals surface area contributed by atoms with Crippen LogP contribution in [0, 0.1) is 0 Å². The molecule has 0 saturated heterocycles. The number of carbonyl (C=O) groups excluding carboxylic acids is 2. The molecule has 0 aliphatic heterocycles. The molecule has 8 nitrogen and oxygen atoms in total. The number of aromatic nitrogens is 4. The van der Waals surface area contributed by atoms with Crippen LogP contribution in [0.5, 0.6) is 0 Å². The minimum Gasteiger partial charge on any atom is -0.342 e. The third-order valence-corrected chi connectivity index (χ3v) is 5.83. The Hall–Kier alpha value is -4.07. The largest absolute Gasteiger partial charge is 0.342 e. The van der Waals surface area contributed by atoms with Crippen LogP contribution >= 0.6 is 0 Å². The first-order chi connectivity index (χ1) is 16.5. The minimum absolute atomic E-state index is 0.0101. The highest BCUT2D eigenvalue weighted by atomic mass is 16.2. The number of benzene rings is 1. The van der Waals surface area contributed by atoms with Gasteiger partial charge in [0.2, 0.25) is 5.91 Å². The fourth-order valence-corrected chi connectivity index (χ4v) is 3.91. The van der Waals surface area contributed by atoms with Crippen molar-refractivity contribution in [3.8, 4) is 11.3 Å². The van der Waals surface area contributed by atoms with Crippen molar-refractivity contribution in [2.24, 2.45) is 0 Å². The van der Waals surface area contributed by atoms with Crippen molar-refractivity contribution < 1.29 is 9.59 Å². The first kappa shape index (κ1) is 23.1. The van der Waals surface area contributed by atoms with Gasteiger partial charge < -0.3 is 9.80 Å². The molecule has 0 fully saturated rings. The molecule has 174 valence electrons. The van der Waals surface area contributed by atoms with Crippen LogP contribution in [0.15, 0.2) is 67.1 Å². The molecule has 0 saturated carbocycles. The number of nitrogens with zero attached hydrogens (tertiary/aromatic N) is 6. The second-order valence-corrected chi connectivity index (χ2v) is 8.04. The van der Waals surface area contributed by atoms with Crippen molar-refractivity contribution in [1.82, 2.24) is 29.5 Å². The van der Waals surface area contributed by atoms with Gasteiger partial charge in [0.25, 0.3) is 5.91 Å². The van der Waals surface area contributed by atoms with E-state index in [1.807, 2.05) is 56.3 Å². The van der Waals surface area contributed by atoms with E-state index in [2.05, 4.69) is 10.1 Å². The number of rotatable bonds is 8. The van der Waals surface area contributed by atoms with Gasteiger partial charge in [-0.1, -0.05) is 30.3 Å². The van der Waals surface area contributed by atoms with Gasteiger partial charge in [0.05, 0.1) is 35.9 Å². The standard InChI is InChI=1S/C26H28N6O2/c1-4-31(5-2)24(33)18-30(3)26(34)21-15-23(20-9-7-6-8-10-20)29-25-22(21)16-28-32(25)17-19-11-13-27-14-12-19/h6-16H,4-5,17-18H2,1-3H3. The van der Waals surface area contributed by atoms with Crippen LogP contribution in [0.25, 0.3) is 22.3 Å². The summed E-state index contributed by atoms with van der Waals surface area (Å²) in [5, 5.41) is 5.18. The van der Waals surface area contributed by atoms with Crippen molar-refractivity contribution in [3.05, 3.63) is 78.2 Å². The predicted molar refractivity (Wildman–Crippen MR) is 131 cm³/mol. The van der Waals surface area contributed by atoms with E-state index in [-0.39, 0.29) is 18.4 Å². The van der Waals surface area contributed by atoms with Gasteiger partial charge in [0.1, 0.15) is 0 Å². The lowest BCUT2D eigenvalue weighted by molar-refractivity contribution is -0.131. The van der Waals surface area contributed by atoms with E-state index in [1.54, 1.807) is 41.3 Å². The van der Waals surface area contributed by atoms with E-state index in [0.717, 1.165) is 11.1 Å². The lowest BCUT2D eigenvalue weighted by atomic mass is 10.1. The van der Waals surface area contributed by atoms with E-state index in [4.69, 9.17) is 4.98 Å². The second kappa shape index (κ2) is 10.2. The number of amides is 2. The Labute approximate surface area is 198 Å². The summed E-state index contributed by atoms with van der Waals surface area (Å²) < 4.78 is 1.79. The van der Waals surface area contributed by atoms with E-state index < -0.39 is 0 Å². The summed E-state index contributed by atoms with van der Waals surface area (Å²) in [7, 11) is 1.65. The first-order valence-electron chi connectivity index (χ1n) is 11.4. The molecule has 0 aliphatic carbocycles. The molecule has 34 heavy (non-hydrogen) atoms. The van der Waals surface area contributed by atoms with E-state index in [9.17, 15) is 9.59 Å². The second-order valence-electron chi connectivity index (χ2n) is 8.04. The number of fused-ring (bicyclic) bond motifs is 1. The van der Waals surface area contributed by atoms with Crippen LogP contribution in [-0.4, -0.2) is 68.0 Å². The summed E-state index contributed by atoms with van der Waals surface area (Å²) >= 11 is 0. The zero-order chi connectivity index (χ0) is 24.1. The number of hydrogen-bond donors (Lipinski definition) is 0. The van der Waals surface area contributed by atoms with Crippen LogP contribution < -0.4 is 0 Å². The molecule has 0 unspecified atom stereocenters. The molecule has 3 aromatic heterocycles. The summed E-state index contributed by atoms with van der Waals surface area (Å²) in [6.45, 7) is 5.59. The van der Waals surface area contributed by atoms with Crippen LogP contribution in [-0.2, 0) is 11.3 Å². The Morgan fingerprint density at radius 1 is 1.00 bits per heavy atom. The number of likely N-dealkylation sites (N-methyl/N-ethyl adjacent to an activating group) is 2. The van der Waals surface area contributed by atoms with Crippen molar-refractivity contribution in [1.29, 1.82) is 0 Å². The Balaban J connectivity index is 1.75. The molecule has 4 aromatic rings. The van der Waals surface area contributed by atoms with E-state index >= 15 is 0 Å². The summed E-state index contributed by atoms with van der Waals surface area (Å²) in [5.41, 5.74) is 3.69. The number of pyridine rings is 2. The Morgan fingerprint density at radius 3 is 2.38 bits per heavy atom. The highest BCUT2D eigenvalue weighted by molar-refractivity contribution is 6.07. The zero-order valence-corrected chi connectivity index (χ0v) is 19.7. The van der Waals surface area contributed by atoms with Gasteiger partial charge >= 0.3 is 0 Å². The summed E-state index contributed by atoms with van der Waals surface area (Å²) in [6, 6.07) is 15.4. The van der Waals surface area contributed by atoms with Gasteiger partial charge in [0.15, 0.2) is 5.65 Å². The molecule has 0 radical (unpaired) electrons. The SMILES string of the molecule is CCN(CC)C(=O)CN(C)C(=O)c1cc(-c2ccccc2)nc2c1cnn2Cc1ccncc1. The first-order valence-corrected chi connectivity index (χ1v) is 11.4. The highest BCUT2D eigenvalue weighted by Gasteiger charge is 2.23. The molecule has 2 amide bonds. The zero-order valence-electron chi connectivity index (χ0n) is 19.7. The molecule has 8 heteroatoms. The quantitative estimate of drug-likeness (QED) is 0.405. The molecule has 0 bridgehead atoms. The fraction of sp³-hybridized carbons (Fsp3) is 0.269. The van der Waals surface area contributed by atoms with Crippen molar-refractivity contribution in [2.45, 2.75) is 20.4 Å². The fourth-order valence-electron chi connectivity index (χ4n) is 3.91. The van der Waals surface area contributed by atoms with Gasteiger partial charge in [0, 0.05) is 38.1 Å². The topological polar surface area (TPSA) is 84.2 Å². The van der Waals surface area contributed by atoms with E-state index in [0.29, 0.717) is 41.9 Å². The number of carbonyl (C=O) groups is 2. The Kier molecular flexibility index (Phi) is 6.96. The van der Waals surface area contributed by atoms with Gasteiger partial charge in [-0.15, -0.1) is 0 Å². The molecule has 0 atom stereocenters. The van der Waals surface area contributed by atoms with Crippen molar-refractivity contribution in [3.63, 3.8) is 0 Å². The summed E-state index contributed by atoms with van der Waals surface area (Å²) in [5.74, 6) is -0.323. The monoisotopic (exact) mass is 456 g/mol. The maximum atomic E-state index is 13.5. The lowest BCUT2D eigenvalue weighted by Gasteiger charge is -2.23. The highest BCUT2D eigenvalue weighted by Crippen LogP contribution is 2.26.